The van der Waals surface area contributed by atoms with Gasteiger partial charge < -0.3 is 14.4 Å². The smallest absolute Gasteiger partial charge is 0.231 e. The number of ether oxygens (including phenoxy) is 2. The summed E-state index contributed by atoms with van der Waals surface area (Å²) in [5.74, 6) is 2.25. The Morgan fingerprint density at radius 1 is 1.07 bits per heavy atom. The Hall–Kier alpha value is -2.56. The van der Waals surface area contributed by atoms with Crippen molar-refractivity contribution in [3.05, 3.63) is 53.9 Å². The predicted molar refractivity (Wildman–Crippen MR) is 102 cm³/mol. The molecule has 0 saturated heterocycles. The number of carbonyl (C=O) groups excluding carboxylic acids is 1. The molecule has 1 aromatic carbocycles. The van der Waals surface area contributed by atoms with E-state index in [9.17, 15) is 4.79 Å². The highest BCUT2D eigenvalue weighted by atomic mass is 16.7. The van der Waals surface area contributed by atoms with Crippen molar-refractivity contribution < 1.29 is 14.3 Å². The maximum atomic E-state index is 13.2. The van der Waals surface area contributed by atoms with Crippen LogP contribution in [0.15, 0.2) is 42.7 Å². The molecule has 2 heterocycles. The zero-order valence-corrected chi connectivity index (χ0v) is 15.6. The molecule has 0 atom stereocenters. The SMILES string of the molecule is O=C(CC1CCCCC1)N(Cc1cccnc1)Cc1cccc2c1OCO2. The molecule has 4 rings (SSSR count). The first-order chi connectivity index (χ1) is 13.3. The summed E-state index contributed by atoms with van der Waals surface area (Å²) in [6, 6.07) is 9.80. The van der Waals surface area contributed by atoms with E-state index in [-0.39, 0.29) is 12.7 Å². The minimum atomic E-state index is 0.210. The molecule has 1 fully saturated rings. The van der Waals surface area contributed by atoms with Crippen LogP contribution >= 0.6 is 0 Å². The van der Waals surface area contributed by atoms with E-state index >= 15 is 0 Å². The summed E-state index contributed by atoms with van der Waals surface area (Å²) in [6.07, 6.45) is 10.4. The van der Waals surface area contributed by atoms with Crippen molar-refractivity contribution >= 4 is 5.91 Å². The van der Waals surface area contributed by atoms with Crippen molar-refractivity contribution in [1.29, 1.82) is 0 Å². The molecule has 2 aromatic rings. The van der Waals surface area contributed by atoms with Gasteiger partial charge in [0.2, 0.25) is 12.7 Å². The van der Waals surface area contributed by atoms with Gasteiger partial charge in [-0.1, -0.05) is 37.5 Å². The van der Waals surface area contributed by atoms with Crippen molar-refractivity contribution in [3.63, 3.8) is 0 Å². The quantitative estimate of drug-likeness (QED) is 0.764. The molecule has 0 N–H and O–H groups in total. The summed E-state index contributed by atoms with van der Waals surface area (Å²) in [5, 5.41) is 0. The lowest BCUT2D eigenvalue weighted by Crippen LogP contribution is -2.32. The molecule has 0 unspecified atom stereocenters. The summed E-state index contributed by atoms with van der Waals surface area (Å²) < 4.78 is 11.1. The predicted octanol–water partition coefficient (Wildman–Crippen LogP) is 4.31. The number of para-hydroxylation sites is 1. The van der Waals surface area contributed by atoms with Crippen molar-refractivity contribution in [2.24, 2.45) is 5.92 Å². The Bertz CT molecular complexity index is 772. The molecule has 5 heteroatoms. The first-order valence-corrected chi connectivity index (χ1v) is 9.84. The van der Waals surface area contributed by atoms with E-state index < -0.39 is 0 Å². The van der Waals surface area contributed by atoms with Gasteiger partial charge in [0.05, 0.1) is 0 Å². The van der Waals surface area contributed by atoms with Crippen LogP contribution in [-0.2, 0) is 17.9 Å². The first-order valence-electron chi connectivity index (χ1n) is 9.84. The zero-order chi connectivity index (χ0) is 18.5. The van der Waals surface area contributed by atoms with Gasteiger partial charge in [-0.05, 0) is 36.5 Å². The Labute approximate surface area is 160 Å². The number of hydrogen-bond acceptors (Lipinski definition) is 4. The normalized spacial score (nSPS) is 16.3. The van der Waals surface area contributed by atoms with E-state index in [1.807, 2.05) is 41.4 Å². The number of rotatable bonds is 6. The Balaban J connectivity index is 1.52. The average molecular weight is 366 g/mol. The standard InChI is InChI=1S/C22H26N2O3/c25-21(12-17-6-2-1-3-7-17)24(14-18-8-5-11-23-13-18)15-19-9-4-10-20-22(19)27-16-26-20/h4-5,8-11,13,17H,1-3,6-7,12,14-16H2. The second-order valence-electron chi connectivity index (χ2n) is 7.47. The number of aromatic nitrogens is 1. The molecule has 1 saturated carbocycles. The third-order valence-corrected chi connectivity index (χ3v) is 5.48. The van der Waals surface area contributed by atoms with Crippen molar-refractivity contribution in [1.82, 2.24) is 9.88 Å². The van der Waals surface area contributed by atoms with E-state index in [4.69, 9.17) is 9.47 Å². The molecule has 1 amide bonds. The number of hydrogen-bond donors (Lipinski definition) is 0. The number of pyridine rings is 1. The number of amides is 1. The number of nitrogens with zero attached hydrogens (tertiary/aromatic N) is 2. The Morgan fingerprint density at radius 3 is 2.78 bits per heavy atom. The summed E-state index contributed by atoms with van der Waals surface area (Å²) in [6.45, 7) is 1.32. The lowest BCUT2D eigenvalue weighted by Gasteiger charge is -2.27. The molecule has 5 nitrogen and oxygen atoms in total. The van der Waals surface area contributed by atoms with E-state index in [0.29, 0.717) is 25.4 Å². The fourth-order valence-corrected chi connectivity index (χ4v) is 4.03. The molecule has 0 spiro atoms. The van der Waals surface area contributed by atoms with E-state index in [1.54, 1.807) is 6.20 Å². The monoisotopic (exact) mass is 366 g/mol. The highest BCUT2D eigenvalue weighted by Crippen LogP contribution is 2.36. The highest BCUT2D eigenvalue weighted by Gasteiger charge is 2.24. The molecule has 0 bridgehead atoms. The van der Waals surface area contributed by atoms with Crippen LogP contribution in [0.3, 0.4) is 0 Å². The lowest BCUT2D eigenvalue weighted by molar-refractivity contribution is -0.133. The molecule has 0 radical (unpaired) electrons. The van der Waals surface area contributed by atoms with Crippen molar-refractivity contribution in [2.45, 2.75) is 51.6 Å². The largest absolute Gasteiger partial charge is 0.454 e. The molecule has 1 aromatic heterocycles. The number of carbonyl (C=O) groups is 1. The van der Waals surface area contributed by atoms with Crippen LogP contribution in [0.1, 0.15) is 49.7 Å². The molecule has 2 aliphatic rings. The van der Waals surface area contributed by atoms with E-state index in [2.05, 4.69) is 4.98 Å². The summed E-state index contributed by atoms with van der Waals surface area (Å²) in [5.41, 5.74) is 2.03. The van der Waals surface area contributed by atoms with Crippen LogP contribution in [0.2, 0.25) is 0 Å². The molecule has 27 heavy (non-hydrogen) atoms. The fourth-order valence-electron chi connectivity index (χ4n) is 4.03. The fraction of sp³-hybridized carbons (Fsp3) is 0.455. The van der Waals surface area contributed by atoms with E-state index in [0.717, 1.165) is 22.6 Å². The van der Waals surface area contributed by atoms with Crippen LogP contribution in [0.5, 0.6) is 11.5 Å². The van der Waals surface area contributed by atoms with Crippen LogP contribution in [0.25, 0.3) is 0 Å². The van der Waals surface area contributed by atoms with Crippen molar-refractivity contribution in [2.75, 3.05) is 6.79 Å². The minimum Gasteiger partial charge on any atom is -0.454 e. The second-order valence-corrected chi connectivity index (χ2v) is 7.47. The molecule has 142 valence electrons. The Kier molecular flexibility index (Phi) is 5.56. The maximum absolute atomic E-state index is 13.2. The van der Waals surface area contributed by atoms with E-state index in [1.165, 1.54) is 32.1 Å². The lowest BCUT2D eigenvalue weighted by atomic mass is 9.86. The molecule has 1 aliphatic carbocycles. The number of fused-ring (bicyclic) bond motifs is 1. The van der Waals surface area contributed by atoms with Crippen LogP contribution < -0.4 is 9.47 Å². The van der Waals surface area contributed by atoms with Gasteiger partial charge in [0.1, 0.15) is 0 Å². The van der Waals surface area contributed by atoms with Crippen LogP contribution in [0, 0.1) is 5.92 Å². The van der Waals surface area contributed by atoms with Gasteiger partial charge in [-0.15, -0.1) is 0 Å². The molecule has 1 aliphatic heterocycles. The third kappa shape index (κ3) is 4.41. The third-order valence-electron chi connectivity index (χ3n) is 5.48. The van der Waals surface area contributed by atoms with Gasteiger partial charge >= 0.3 is 0 Å². The van der Waals surface area contributed by atoms with Gasteiger partial charge in [-0.3, -0.25) is 9.78 Å². The summed E-state index contributed by atoms with van der Waals surface area (Å²) in [4.78, 5) is 19.3. The maximum Gasteiger partial charge on any atom is 0.231 e. The minimum absolute atomic E-state index is 0.210. The van der Waals surface area contributed by atoms with Gasteiger partial charge in [0.15, 0.2) is 11.5 Å². The van der Waals surface area contributed by atoms with Crippen molar-refractivity contribution in [3.8, 4) is 11.5 Å². The zero-order valence-electron chi connectivity index (χ0n) is 15.6. The molecular weight excluding hydrogens is 340 g/mol. The van der Waals surface area contributed by atoms with Gasteiger partial charge in [-0.25, -0.2) is 0 Å². The average Bonchev–Trinajstić information content (AvgIpc) is 3.19. The number of benzene rings is 1. The summed E-state index contributed by atoms with van der Waals surface area (Å²) >= 11 is 0. The summed E-state index contributed by atoms with van der Waals surface area (Å²) in [7, 11) is 0. The van der Waals surface area contributed by atoms with Gasteiger partial charge in [0, 0.05) is 37.5 Å². The van der Waals surface area contributed by atoms with Gasteiger partial charge in [-0.2, -0.15) is 0 Å². The van der Waals surface area contributed by atoms with Crippen LogP contribution in [-0.4, -0.2) is 22.6 Å². The second kappa shape index (κ2) is 8.42. The molecular formula is C22H26N2O3. The highest BCUT2D eigenvalue weighted by molar-refractivity contribution is 5.76. The Morgan fingerprint density at radius 2 is 1.96 bits per heavy atom. The van der Waals surface area contributed by atoms with Gasteiger partial charge in [0.25, 0.3) is 0 Å². The first kappa shape index (κ1) is 17.8. The topological polar surface area (TPSA) is 51.7 Å². The van der Waals surface area contributed by atoms with Crippen LogP contribution in [0.4, 0.5) is 0 Å².